The summed E-state index contributed by atoms with van der Waals surface area (Å²) in [4.78, 5) is 2.07. The van der Waals surface area contributed by atoms with Crippen molar-refractivity contribution in [1.29, 1.82) is 5.41 Å². The van der Waals surface area contributed by atoms with E-state index in [4.69, 9.17) is 10.1 Å². The lowest BCUT2D eigenvalue weighted by atomic mass is 10.1. The fraction of sp³-hybridized carbons (Fsp3) is 0.462. The topological polar surface area (TPSA) is 56.6 Å². The Bertz CT molecular complexity index is 386. The van der Waals surface area contributed by atoms with Crippen molar-refractivity contribution in [2.45, 2.75) is 25.9 Å². The molecule has 0 bridgehead atoms. The average Bonchev–Trinajstić information content (AvgIpc) is 2.33. The Labute approximate surface area is 113 Å². The molecule has 0 radical (unpaired) electrons. The van der Waals surface area contributed by atoms with Gasteiger partial charge in [0.1, 0.15) is 17.6 Å². The zero-order valence-electron chi connectivity index (χ0n) is 10.4. The van der Waals surface area contributed by atoms with Crippen LogP contribution in [0.25, 0.3) is 0 Å². The molecule has 0 spiro atoms. The number of benzene rings is 1. The SMILES string of the molecule is CC(=N)N1CCC(Oc2ccc(O)cc2)CC1.Cl. The second kappa shape index (κ2) is 6.50. The van der Waals surface area contributed by atoms with Crippen LogP contribution in [0.15, 0.2) is 24.3 Å². The molecule has 1 aliphatic rings. The minimum atomic E-state index is 0. The number of rotatable bonds is 2. The van der Waals surface area contributed by atoms with E-state index < -0.39 is 0 Å². The predicted octanol–water partition coefficient (Wildman–Crippen LogP) is 2.65. The average molecular weight is 271 g/mol. The van der Waals surface area contributed by atoms with Crippen molar-refractivity contribution in [2.75, 3.05) is 13.1 Å². The van der Waals surface area contributed by atoms with Gasteiger partial charge in [0, 0.05) is 25.9 Å². The Morgan fingerprint density at radius 2 is 1.83 bits per heavy atom. The lowest BCUT2D eigenvalue weighted by Crippen LogP contribution is -2.40. The van der Waals surface area contributed by atoms with Gasteiger partial charge in [0.25, 0.3) is 0 Å². The standard InChI is InChI=1S/C13H18N2O2.ClH/c1-10(14)15-8-6-13(7-9-15)17-12-4-2-11(16)3-5-12;/h2-5,13-14,16H,6-9H2,1H3;1H. The summed E-state index contributed by atoms with van der Waals surface area (Å²) in [5.41, 5.74) is 0. The quantitative estimate of drug-likeness (QED) is 0.642. The van der Waals surface area contributed by atoms with Crippen LogP contribution in [-0.4, -0.2) is 35.0 Å². The minimum absolute atomic E-state index is 0. The molecule has 5 heteroatoms. The normalized spacial score (nSPS) is 15.9. The number of hydrogen-bond donors (Lipinski definition) is 2. The van der Waals surface area contributed by atoms with Gasteiger partial charge in [-0.3, -0.25) is 5.41 Å². The highest BCUT2D eigenvalue weighted by molar-refractivity contribution is 5.85. The maximum Gasteiger partial charge on any atom is 0.119 e. The first-order chi connectivity index (χ1) is 8.15. The van der Waals surface area contributed by atoms with Crippen LogP contribution in [0.4, 0.5) is 0 Å². The summed E-state index contributed by atoms with van der Waals surface area (Å²) in [7, 11) is 0. The summed E-state index contributed by atoms with van der Waals surface area (Å²) in [6.45, 7) is 3.59. The summed E-state index contributed by atoms with van der Waals surface area (Å²) in [5.74, 6) is 1.69. The number of halogens is 1. The van der Waals surface area contributed by atoms with E-state index in [0.717, 1.165) is 31.7 Å². The van der Waals surface area contributed by atoms with Gasteiger partial charge in [0.15, 0.2) is 0 Å². The lowest BCUT2D eigenvalue weighted by molar-refractivity contribution is 0.130. The summed E-state index contributed by atoms with van der Waals surface area (Å²) in [6, 6.07) is 6.82. The Kier molecular flexibility index (Phi) is 5.28. The number of nitrogens with zero attached hydrogens (tertiary/aromatic N) is 1. The van der Waals surface area contributed by atoms with Crippen LogP contribution >= 0.6 is 12.4 Å². The first-order valence-corrected chi connectivity index (χ1v) is 5.91. The van der Waals surface area contributed by atoms with Crippen molar-refractivity contribution in [2.24, 2.45) is 0 Å². The summed E-state index contributed by atoms with van der Waals surface area (Å²) >= 11 is 0. The Balaban J connectivity index is 0.00000162. The fourth-order valence-corrected chi connectivity index (χ4v) is 2.03. The number of piperidine rings is 1. The van der Waals surface area contributed by atoms with E-state index in [2.05, 4.69) is 4.90 Å². The number of hydrogen-bond acceptors (Lipinski definition) is 3. The van der Waals surface area contributed by atoms with E-state index >= 15 is 0 Å². The number of nitrogens with one attached hydrogen (secondary N) is 1. The highest BCUT2D eigenvalue weighted by Crippen LogP contribution is 2.21. The van der Waals surface area contributed by atoms with Gasteiger partial charge in [-0.1, -0.05) is 0 Å². The van der Waals surface area contributed by atoms with E-state index in [1.807, 2.05) is 6.92 Å². The van der Waals surface area contributed by atoms with Gasteiger partial charge in [-0.15, -0.1) is 12.4 Å². The van der Waals surface area contributed by atoms with Crippen LogP contribution in [0, 0.1) is 5.41 Å². The molecular formula is C13H19ClN2O2. The van der Waals surface area contributed by atoms with E-state index in [0.29, 0.717) is 5.84 Å². The highest BCUT2D eigenvalue weighted by Gasteiger charge is 2.20. The number of aromatic hydroxyl groups is 1. The van der Waals surface area contributed by atoms with Gasteiger partial charge in [0.2, 0.25) is 0 Å². The third-order valence-corrected chi connectivity index (χ3v) is 3.06. The fourth-order valence-electron chi connectivity index (χ4n) is 2.03. The second-order valence-corrected chi connectivity index (χ2v) is 4.38. The van der Waals surface area contributed by atoms with Gasteiger partial charge in [0.05, 0.1) is 5.84 Å². The van der Waals surface area contributed by atoms with E-state index in [9.17, 15) is 5.11 Å². The molecule has 2 N–H and O–H groups in total. The van der Waals surface area contributed by atoms with Crippen LogP contribution in [0.1, 0.15) is 19.8 Å². The van der Waals surface area contributed by atoms with Gasteiger partial charge in [-0.25, -0.2) is 0 Å². The number of phenols is 1. The van der Waals surface area contributed by atoms with E-state index in [1.165, 1.54) is 0 Å². The van der Waals surface area contributed by atoms with Crippen molar-refractivity contribution in [3.8, 4) is 11.5 Å². The van der Waals surface area contributed by atoms with Gasteiger partial charge >= 0.3 is 0 Å². The Morgan fingerprint density at radius 1 is 1.28 bits per heavy atom. The monoisotopic (exact) mass is 270 g/mol. The van der Waals surface area contributed by atoms with E-state index in [1.54, 1.807) is 24.3 Å². The van der Waals surface area contributed by atoms with Crippen LogP contribution in [0.2, 0.25) is 0 Å². The van der Waals surface area contributed by atoms with Crippen molar-refractivity contribution < 1.29 is 9.84 Å². The Morgan fingerprint density at radius 3 is 2.33 bits per heavy atom. The lowest BCUT2D eigenvalue weighted by Gasteiger charge is -2.32. The van der Waals surface area contributed by atoms with Gasteiger partial charge < -0.3 is 14.7 Å². The molecule has 18 heavy (non-hydrogen) atoms. The maximum atomic E-state index is 9.17. The summed E-state index contributed by atoms with van der Waals surface area (Å²) in [5, 5.41) is 16.7. The molecule has 0 saturated carbocycles. The number of phenolic OH excluding ortho intramolecular Hbond substituents is 1. The van der Waals surface area contributed by atoms with Crippen LogP contribution in [0.5, 0.6) is 11.5 Å². The molecule has 1 aromatic carbocycles. The van der Waals surface area contributed by atoms with Crippen LogP contribution in [0.3, 0.4) is 0 Å². The van der Waals surface area contributed by atoms with Crippen LogP contribution < -0.4 is 4.74 Å². The molecule has 100 valence electrons. The molecule has 2 rings (SSSR count). The highest BCUT2D eigenvalue weighted by atomic mass is 35.5. The van der Waals surface area contributed by atoms with Gasteiger partial charge in [-0.05, 0) is 31.2 Å². The molecule has 1 heterocycles. The van der Waals surface area contributed by atoms with Crippen molar-refractivity contribution in [3.63, 3.8) is 0 Å². The molecule has 1 aromatic rings. The van der Waals surface area contributed by atoms with Gasteiger partial charge in [-0.2, -0.15) is 0 Å². The zero-order chi connectivity index (χ0) is 12.3. The smallest absolute Gasteiger partial charge is 0.119 e. The molecule has 1 aliphatic heterocycles. The van der Waals surface area contributed by atoms with E-state index in [-0.39, 0.29) is 24.3 Å². The maximum absolute atomic E-state index is 9.17. The second-order valence-electron chi connectivity index (χ2n) is 4.38. The molecule has 0 aromatic heterocycles. The molecule has 0 atom stereocenters. The van der Waals surface area contributed by atoms with Crippen molar-refractivity contribution in [3.05, 3.63) is 24.3 Å². The zero-order valence-corrected chi connectivity index (χ0v) is 11.2. The molecule has 4 nitrogen and oxygen atoms in total. The molecule has 0 aliphatic carbocycles. The number of amidine groups is 1. The third-order valence-electron chi connectivity index (χ3n) is 3.06. The third kappa shape index (κ3) is 3.81. The van der Waals surface area contributed by atoms with Crippen molar-refractivity contribution in [1.82, 2.24) is 4.90 Å². The molecule has 0 amide bonds. The first kappa shape index (κ1) is 14.6. The molecule has 1 fully saturated rings. The Hall–Kier alpha value is -1.42. The largest absolute Gasteiger partial charge is 0.508 e. The predicted molar refractivity (Wildman–Crippen MR) is 74.0 cm³/mol. The molecule has 0 unspecified atom stereocenters. The summed E-state index contributed by atoms with van der Waals surface area (Å²) < 4.78 is 5.83. The first-order valence-electron chi connectivity index (χ1n) is 5.91. The number of likely N-dealkylation sites (tertiary alicyclic amines) is 1. The molecule has 1 saturated heterocycles. The molecular weight excluding hydrogens is 252 g/mol. The summed E-state index contributed by atoms with van der Waals surface area (Å²) in [6.07, 6.45) is 2.10. The van der Waals surface area contributed by atoms with Crippen LogP contribution in [-0.2, 0) is 0 Å². The minimum Gasteiger partial charge on any atom is -0.508 e. The van der Waals surface area contributed by atoms with Crippen molar-refractivity contribution >= 4 is 18.2 Å². The number of ether oxygens (including phenoxy) is 1.